The Morgan fingerprint density at radius 2 is 1.04 bits per heavy atom. The smallest absolute Gasteiger partial charge is 0.369 e. The van der Waals surface area contributed by atoms with Crippen LogP contribution in [0, 0.1) is 11.8 Å². The fourth-order valence-corrected chi connectivity index (χ4v) is 6.76. The molecule has 15 heteroatoms. The van der Waals surface area contributed by atoms with Gasteiger partial charge in [0.15, 0.2) is 5.78 Å². The van der Waals surface area contributed by atoms with Crippen molar-refractivity contribution < 1.29 is 37.1 Å². The Morgan fingerprint density at radius 3 is 1.33 bits per heavy atom. The Labute approximate surface area is 311 Å². The minimum absolute atomic E-state index is 0.0561. The summed E-state index contributed by atoms with van der Waals surface area (Å²) in [6, 6.07) is 29.5. The first kappa shape index (κ1) is 45.4. The number of alkyl halides is 3. The van der Waals surface area contributed by atoms with Gasteiger partial charge in [0.2, 0.25) is 18.1 Å². The number of benzene rings is 3. The van der Waals surface area contributed by atoms with Crippen molar-refractivity contribution in [2.75, 3.05) is 17.3 Å². The van der Waals surface area contributed by atoms with E-state index in [0.29, 0.717) is 12.2 Å². The highest BCUT2D eigenvalue weighted by Gasteiger charge is 2.38. The van der Waals surface area contributed by atoms with Crippen LogP contribution < -0.4 is 22.9 Å². The molecule has 51 heavy (non-hydrogen) atoms. The van der Waals surface area contributed by atoms with E-state index in [0.717, 1.165) is 16.7 Å². The number of hydrogen-bond donors (Lipinski definition) is 6. The molecule has 0 aliphatic carbocycles. The number of carbonyl (C=O) groups excluding carboxylic acids is 5. The second-order valence-electron chi connectivity index (χ2n) is 11.3. The standard InChI is InChI=1S/C27H30N2O2S.C7H14N2O2S2.C2HF3O/c1-2-24(28)25(30)18-20(26(29)31)19-32-27(21-12-6-3-7-13-21,22-14-8-4-9-15-22)23-16-10-5-11-17-23;8-5(3-13)6(10)1-4(2-12)7(9)11;3-2(4,5)1-6/h3-17,20,24H,2,18-19,28H2,1H3,(H2,29,31);4-5,12-13H,1-3,8H2,(H2,9,11);1H/t20-,24-;4-,5-;/m11./s1. The summed E-state index contributed by atoms with van der Waals surface area (Å²) in [5.74, 6) is -1.50. The lowest BCUT2D eigenvalue weighted by Gasteiger charge is -2.36. The Kier molecular flexibility index (Phi) is 20.5. The molecule has 0 aromatic heterocycles. The number of primary amides is 2. The van der Waals surface area contributed by atoms with Crippen molar-refractivity contribution in [3.63, 3.8) is 0 Å². The van der Waals surface area contributed by atoms with Crippen LogP contribution in [0.4, 0.5) is 13.2 Å². The molecular weight excluding hydrogens is 722 g/mol. The predicted octanol–water partition coefficient (Wildman–Crippen LogP) is 4.49. The number of nitrogens with two attached hydrogens (primary N) is 4. The van der Waals surface area contributed by atoms with Gasteiger partial charge in [0.25, 0.3) is 0 Å². The van der Waals surface area contributed by atoms with Crippen LogP contribution in [-0.4, -0.2) is 65.2 Å². The molecule has 9 nitrogen and oxygen atoms in total. The molecule has 0 heterocycles. The lowest BCUT2D eigenvalue weighted by molar-refractivity contribution is -0.156. The summed E-state index contributed by atoms with van der Waals surface area (Å²) >= 11 is 9.42. The highest BCUT2D eigenvalue weighted by Crippen LogP contribution is 2.49. The lowest BCUT2D eigenvalue weighted by atomic mass is 9.84. The molecule has 0 fully saturated rings. The van der Waals surface area contributed by atoms with Gasteiger partial charge in [0.1, 0.15) is 5.78 Å². The number of thioether (sulfide) groups is 1. The van der Waals surface area contributed by atoms with Crippen LogP contribution in [0.15, 0.2) is 91.0 Å². The molecule has 3 rings (SSSR count). The van der Waals surface area contributed by atoms with E-state index in [-0.39, 0.29) is 35.9 Å². The Hall–Kier alpha value is -3.63. The first-order valence-electron chi connectivity index (χ1n) is 15.8. The third-order valence-electron chi connectivity index (χ3n) is 7.56. The zero-order valence-corrected chi connectivity index (χ0v) is 30.7. The first-order chi connectivity index (χ1) is 24.1. The summed E-state index contributed by atoms with van der Waals surface area (Å²) in [5.41, 5.74) is 25.4. The van der Waals surface area contributed by atoms with Gasteiger partial charge >= 0.3 is 6.18 Å². The molecule has 2 amide bonds. The number of aldehydes is 1. The molecule has 0 bridgehead atoms. The number of thiol groups is 2. The van der Waals surface area contributed by atoms with Gasteiger partial charge in [-0.25, -0.2) is 0 Å². The molecule has 0 aliphatic rings. The van der Waals surface area contributed by atoms with E-state index < -0.39 is 52.9 Å². The van der Waals surface area contributed by atoms with Crippen LogP contribution >= 0.6 is 37.0 Å². The largest absolute Gasteiger partial charge is 0.446 e. The molecule has 0 saturated carbocycles. The topological polar surface area (TPSA) is 189 Å². The van der Waals surface area contributed by atoms with E-state index in [1.165, 1.54) is 0 Å². The molecular formula is C36H45F3N4O5S3. The molecule has 0 saturated heterocycles. The maximum absolute atomic E-state index is 12.5. The number of rotatable bonds is 17. The quantitative estimate of drug-likeness (QED) is 0.0659. The van der Waals surface area contributed by atoms with Gasteiger partial charge in [-0.1, -0.05) is 97.9 Å². The average molecular weight is 767 g/mol. The van der Waals surface area contributed by atoms with Crippen molar-refractivity contribution in [3.8, 4) is 0 Å². The summed E-state index contributed by atoms with van der Waals surface area (Å²) in [6.45, 7) is 1.86. The van der Waals surface area contributed by atoms with Crippen LogP contribution in [0.1, 0.15) is 42.9 Å². The van der Waals surface area contributed by atoms with Crippen molar-refractivity contribution in [2.45, 2.75) is 49.2 Å². The summed E-state index contributed by atoms with van der Waals surface area (Å²) in [7, 11) is 0. The van der Waals surface area contributed by atoms with E-state index in [4.69, 9.17) is 27.7 Å². The van der Waals surface area contributed by atoms with E-state index in [1.54, 1.807) is 11.8 Å². The molecule has 4 atom stereocenters. The van der Waals surface area contributed by atoms with Gasteiger partial charge in [-0.05, 0) is 23.1 Å². The maximum atomic E-state index is 12.5. The van der Waals surface area contributed by atoms with E-state index in [9.17, 15) is 32.3 Å². The molecule has 8 N–H and O–H groups in total. The molecule has 3 aromatic rings. The fraction of sp³-hybridized carbons (Fsp3) is 0.361. The number of amides is 2. The van der Waals surface area contributed by atoms with Gasteiger partial charge < -0.3 is 22.9 Å². The molecule has 3 aromatic carbocycles. The minimum atomic E-state index is -4.64. The summed E-state index contributed by atoms with van der Waals surface area (Å²) in [4.78, 5) is 55.4. The number of halogens is 3. The molecule has 0 spiro atoms. The Balaban J connectivity index is 0.000000565. The number of Topliss-reactive ketones (excluding diaryl/α,β-unsaturated/α-hetero) is 2. The summed E-state index contributed by atoms with van der Waals surface area (Å²) < 4.78 is 30.7. The maximum Gasteiger partial charge on any atom is 0.446 e. The van der Waals surface area contributed by atoms with Crippen LogP contribution in [0.5, 0.6) is 0 Å². The SMILES string of the molecule is CC[C@@H](N)C(=O)C[C@H](CSC(c1ccccc1)(c1ccccc1)c1ccccc1)C(N)=O.NC(=O)[C@@H](CS)CC(=O)[C@H](N)CS.O=CC(F)(F)F. The van der Waals surface area contributed by atoms with Crippen molar-refractivity contribution in [2.24, 2.45) is 34.8 Å². The van der Waals surface area contributed by atoms with Gasteiger partial charge in [-0.15, -0.1) is 11.8 Å². The van der Waals surface area contributed by atoms with Crippen molar-refractivity contribution in [3.05, 3.63) is 108 Å². The predicted molar refractivity (Wildman–Crippen MR) is 202 cm³/mol. The van der Waals surface area contributed by atoms with Crippen molar-refractivity contribution in [1.29, 1.82) is 0 Å². The third kappa shape index (κ3) is 15.3. The van der Waals surface area contributed by atoms with Crippen LogP contribution in [0.25, 0.3) is 0 Å². The Bertz CT molecular complexity index is 1420. The molecule has 0 radical (unpaired) electrons. The first-order valence-corrected chi connectivity index (χ1v) is 18.0. The molecule has 0 aliphatic heterocycles. The average Bonchev–Trinajstić information content (AvgIpc) is 3.13. The number of carbonyl (C=O) groups is 5. The summed E-state index contributed by atoms with van der Waals surface area (Å²) in [6.07, 6.45) is -5.04. The number of ketones is 2. The van der Waals surface area contributed by atoms with E-state index >= 15 is 0 Å². The highest BCUT2D eigenvalue weighted by molar-refractivity contribution is 8.00. The third-order valence-corrected chi connectivity index (χ3v) is 10.1. The van der Waals surface area contributed by atoms with Crippen LogP contribution in [0.2, 0.25) is 0 Å². The van der Waals surface area contributed by atoms with Gasteiger partial charge in [-0.3, -0.25) is 24.0 Å². The van der Waals surface area contributed by atoms with Gasteiger partial charge in [0.05, 0.1) is 28.7 Å². The second-order valence-corrected chi connectivity index (χ2v) is 13.2. The zero-order valence-electron chi connectivity index (χ0n) is 28.1. The van der Waals surface area contributed by atoms with E-state index in [1.807, 2.05) is 61.5 Å². The molecule has 278 valence electrons. The van der Waals surface area contributed by atoms with Crippen LogP contribution in [-0.2, 0) is 28.7 Å². The van der Waals surface area contributed by atoms with E-state index in [2.05, 4.69) is 61.7 Å². The van der Waals surface area contributed by atoms with Crippen LogP contribution in [0.3, 0.4) is 0 Å². The second kappa shape index (κ2) is 23.0. The van der Waals surface area contributed by atoms with Gasteiger partial charge in [-0.2, -0.15) is 38.4 Å². The highest BCUT2D eigenvalue weighted by atomic mass is 32.2. The fourth-order valence-electron chi connectivity index (χ4n) is 4.61. The summed E-state index contributed by atoms with van der Waals surface area (Å²) in [5, 5.41) is 0. The van der Waals surface area contributed by atoms with Crippen molar-refractivity contribution >= 4 is 66.7 Å². The number of hydrogen-bond acceptors (Lipinski definition) is 10. The zero-order chi connectivity index (χ0) is 38.6. The normalized spacial score (nSPS) is 13.5. The lowest BCUT2D eigenvalue weighted by Crippen LogP contribution is -2.36. The Morgan fingerprint density at radius 1 is 0.686 bits per heavy atom. The van der Waals surface area contributed by atoms with Gasteiger partial charge in [0, 0.05) is 30.1 Å². The van der Waals surface area contributed by atoms with Crippen molar-refractivity contribution in [1.82, 2.24) is 0 Å². The minimum Gasteiger partial charge on any atom is -0.369 e. The monoisotopic (exact) mass is 766 g/mol. The molecule has 0 unspecified atom stereocenters.